The SMILES string of the molecule is Cc1noc(C)c1CNC(=O)C1CCCN1C(=O)c1cc(Cl)ccc1Cl. The third kappa shape index (κ3) is 3.71. The maximum atomic E-state index is 12.9. The normalized spacial score (nSPS) is 16.8. The maximum Gasteiger partial charge on any atom is 0.256 e. The highest BCUT2D eigenvalue weighted by molar-refractivity contribution is 6.35. The molecule has 1 unspecified atom stereocenters. The highest BCUT2D eigenvalue weighted by Crippen LogP contribution is 2.26. The fourth-order valence-electron chi connectivity index (χ4n) is 3.15. The van der Waals surface area contributed by atoms with E-state index >= 15 is 0 Å². The molecule has 1 aromatic carbocycles. The Morgan fingerprint density at radius 3 is 2.81 bits per heavy atom. The second-order valence-corrected chi connectivity index (χ2v) is 7.14. The molecular formula is C18H19Cl2N3O3. The molecule has 1 aliphatic heterocycles. The number of hydrogen-bond acceptors (Lipinski definition) is 4. The van der Waals surface area contributed by atoms with Crippen LogP contribution >= 0.6 is 23.2 Å². The summed E-state index contributed by atoms with van der Waals surface area (Å²) in [5.74, 6) is 0.189. The Kier molecular flexibility index (Phi) is 5.53. The van der Waals surface area contributed by atoms with Gasteiger partial charge in [-0.1, -0.05) is 28.4 Å². The number of carbonyl (C=O) groups excluding carboxylic acids is 2. The molecular weight excluding hydrogens is 377 g/mol. The van der Waals surface area contributed by atoms with E-state index in [0.717, 1.165) is 17.7 Å². The van der Waals surface area contributed by atoms with Gasteiger partial charge in [0.25, 0.3) is 5.91 Å². The average molecular weight is 396 g/mol. The third-order valence-electron chi connectivity index (χ3n) is 4.60. The Labute approximate surface area is 161 Å². The average Bonchev–Trinajstić information content (AvgIpc) is 3.22. The molecule has 8 heteroatoms. The first-order valence-electron chi connectivity index (χ1n) is 8.34. The van der Waals surface area contributed by atoms with E-state index in [-0.39, 0.29) is 11.8 Å². The molecule has 2 aromatic rings. The molecule has 3 rings (SSSR count). The van der Waals surface area contributed by atoms with Crippen LogP contribution in [0.2, 0.25) is 10.0 Å². The fraction of sp³-hybridized carbons (Fsp3) is 0.389. The summed E-state index contributed by atoms with van der Waals surface area (Å²) in [6.45, 7) is 4.44. The van der Waals surface area contributed by atoms with Crippen LogP contribution in [-0.4, -0.2) is 34.5 Å². The first-order chi connectivity index (χ1) is 12.4. The summed E-state index contributed by atoms with van der Waals surface area (Å²) in [5, 5.41) is 7.50. The molecule has 1 N–H and O–H groups in total. The van der Waals surface area contributed by atoms with E-state index in [9.17, 15) is 9.59 Å². The molecule has 0 radical (unpaired) electrons. The van der Waals surface area contributed by atoms with Crippen molar-refractivity contribution in [3.8, 4) is 0 Å². The Morgan fingerprint density at radius 1 is 1.35 bits per heavy atom. The molecule has 6 nitrogen and oxygen atoms in total. The van der Waals surface area contributed by atoms with Gasteiger partial charge in [0.1, 0.15) is 11.8 Å². The van der Waals surface area contributed by atoms with Crippen molar-refractivity contribution < 1.29 is 14.1 Å². The number of hydrogen-bond donors (Lipinski definition) is 1. The summed E-state index contributed by atoms with van der Waals surface area (Å²) < 4.78 is 5.10. The summed E-state index contributed by atoms with van der Waals surface area (Å²) in [6, 6.07) is 4.21. The second kappa shape index (κ2) is 7.68. The Balaban J connectivity index is 1.72. The van der Waals surface area contributed by atoms with Gasteiger partial charge in [-0.3, -0.25) is 9.59 Å². The highest BCUT2D eigenvalue weighted by atomic mass is 35.5. The number of benzene rings is 1. The van der Waals surface area contributed by atoms with E-state index in [1.807, 2.05) is 6.92 Å². The van der Waals surface area contributed by atoms with E-state index < -0.39 is 6.04 Å². The van der Waals surface area contributed by atoms with Crippen LogP contribution in [0.4, 0.5) is 0 Å². The first-order valence-corrected chi connectivity index (χ1v) is 9.09. The number of aryl methyl sites for hydroxylation is 2. The van der Waals surface area contributed by atoms with Gasteiger partial charge in [-0.15, -0.1) is 0 Å². The minimum absolute atomic E-state index is 0.200. The smallest absolute Gasteiger partial charge is 0.256 e. The third-order valence-corrected chi connectivity index (χ3v) is 5.16. The molecule has 2 amide bonds. The lowest BCUT2D eigenvalue weighted by Gasteiger charge is -2.24. The van der Waals surface area contributed by atoms with E-state index in [0.29, 0.717) is 40.9 Å². The van der Waals surface area contributed by atoms with Gasteiger partial charge in [-0.2, -0.15) is 0 Å². The van der Waals surface area contributed by atoms with Crippen LogP contribution in [0.3, 0.4) is 0 Å². The van der Waals surface area contributed by atoms with E-state index in [1.165, 1.54) is 6.07 Å². The lowest BCUT2D eigenvalue weighted by molar-refractivity contribution is -0.125. The number of aromatic nitrogens is 1. The fourth-order valence-corrected chi connectivity index (χ4v) is 3.52. The van der Waals surface area contributed by atoms with Gasteiger partial charge < -0.3 is 14.7 Å². The summed E-state index contributed by atoms with van der Waals surface area (Å²) in [6.07, 6.45) is 1.37. The molecule has 1 aliphatic rings. The molecule has 1 atom stereocenters. The summed E-state index contributed by atoms with van der Waals surface area (Å²) in [5.41, 5.74) is 1.91. The second-order valence-electron chi connectivity index (χ2n) is 6.30. The van der Waals surface area contributed by atoms with Gasteiger partial charge in [-0.05, 0) is 44.9 Å². The topological polar surface area (TPSA) is 75.4 Å². The number of likely N-dealkylation sites (tertiary alicyclic amines) is 1. The molecule has 0 spiro atoms. The van der Waals surface area contributed by atoms with Crippen molar-refractivity contribution in [2.24, 2.45) is 0 Å². The van der Waals surface area contributed by atoms with Gasteiger partial charge in [0, 0.05) is 23.7 Å². The van der Waals surface area contributed by atoms with Gasteiger partial charge >= 0.3 is 0 Å². The minimum Gasteiger partial charge on any atom is -0.361 e. The molecule has 1 saturated heterocycles. The number of amides is 2. The lowest BCUT2D eigenvalue weighted by Crippen LogP contribution is -2.45. The molecule has 0 saturated carbocycles. The number of halogens is 2. The van der Waals surface area contributed by atoms with Gasteiger partial charge in [0.05, 0.1) is 16.3 Å². The number of nitrogens with zero attached hydrogens (tertiary/aromatic N) is 2. The highest BCUT2D eigenvalue weighted by Gasteiger charge is 2.35. The van der Waals surface area contributed by atoms with Crippen molar-refractivity contribution in [3.63, 3.8) is 0 Å². The predicted molar refractivity (Wildman–Crippen MR) is 98.3 cm³/mol. The van der Waals surface area contributed by atoms with Crippen molar-refractivity contribution in [1.82, 2.24) is 15.4 Å². The monoisotopic (exact) mass is 395 g/mol. The van der Waals surface area contributed by atoms with Crippen molar-refractivity contribution in [3.05, 3.63) is 50.8 Å². The van der Waals surface area contributed by atoms with Crippen LogP contribution in [0.1, 0.15) is 40.2 Å². The summed E-state index contributed by atoms with van der Waals surface area (Å²) >= 11 is 12.1. The zero-order valence-corrected chi connectivity index (χ0v) is 16.0. The molecule has 26 heavy (non-hydrogen) atoms. The molecule has 0 bridgehead atoms. The molecule has 138 valence electrons. The first kappa shape index (κ1) is 18.7. The molecule has 1 fully saturated rings. The summed E-state index contributed by atoms with van der Waals surface area (Å²) in [7, 11) is 0. The predicted octanol–water partition coefficient (Wildman–Crippen LogP) is 3.52. The summed E-state index contributed by atoms with van der Waals surface area (Å²) in [4.78, 5) is 27.1. The van der Waals surface area contributed by atoms with Gasteiger partial charge in [0.15, 0.2) is 0 Å². The number of carbonyl (C=O) groups is 2. The zero-order valence-electron chi connectivity index (χ0n) is 14.5. The van der Waals surface area contributed by atoms with Crippen LogP contribution in [0.5, 0.6) is 0 Å². The zero-order chi connectivity index (χ0) is 18.8. The van der Waals surface area contributed by atoms with Crippen LogP contribution in [0.25, 0.3) is 0 Å². The largest absolute Gasteiger partial charge is 0.361 e. The molecule has 2 heterocycles. The molecule has 0 aliphatic carbocycles. The van der Waals surface area contributed by atoms with Gasteiger partial charge in [0.2, 0.25) is 5.91 Å². The van der Waals surface area contributed by atoms with Crippen molar-refractivity contribution in [2.75, 3.05) is 6.54 Å². The van der Waals surface area contributed by atoms with Crippen molar-refractivity contribution in [2.45, 2.75) is 39.3 Å². The lowest BCUT2D eigenvalue weighted by atomic mass is 10.1. The quantitative estimate of drug-likeness (QED) is 0.858. The Morgan fingerprint density at radius 2 is 2.12 bits per heavy atom. The van der Waals surface area contributed by atoms with Gasteiger partial charge in [-0.25, -0.2) is 0 Å². The van der Waals surface area contributed by atoms with Crippen LogP contribution in [0, 0.1) is 13.8 Å². The van der Waals surface area contributed by atoms with Crippen LogP contribution in [-0.2, 0) is 11.3 Å². The number of rotatable bonds is 4. The van der Waals surface area contributed by atoms with Crippen LogP contribution < -0.4 is 5.32 Å². The standard InChI is InChI=1S/C18H19Cl2N3O3/c1-10-14(11(2)26-22-10)9-21-17(24)16-4-3-7-23(16)18(25)13-8-12(19)5-6-15(13)20/h5-6,8,16H,3-4,7,9H2,1-2H3,(H,21,24). The Bertz CT molecular complexity index is 831. The van der Waals surface area contributed by atoms with E-state index in [1.54, 1.807) is 24.0 Å². The van der Waals surface area contributed by atoms with Crippen molar-refractivity contribution in [1.29, 1.82) is 0 Å². The maximum absolute atomic E-state index is 12.9. The van der Waals surface area contributed by atoms with Crippen LogP contribution in [0.15, 0.2) is 22.7 Å². The van der Waals surface area contributed by atoms with Crippen molar-refractivity contribution >= 4 is 35.0 Å². The number of nitrogens with one attached hydrogen (secondary N) is 1. The minimum atomic E-state index is -0.530. The van der Waals surface area contributed by atoms with E-state index in [2.05, 4.69) is 10.5 Å². The Hall–Kier alpha value is -2.05. The molecule has 1 aromatic heterocycles. The van der Waals surface area contributed by atoms with E-state index in [4.69, 9.17) is 27.7 Å².